The van der Waals surface area contributed by atoms with Crippen LogP contribution in [0.4, 0.5) is 4.39 Å². The predicted octanol–water partition coefficient (Wildman–Crippen LogP) is 2.00. The molecule has 3 nitrogen and oxygen atoms in total. The molecule has 0 heterocycles. The first kappa shape index (κ1) is 12.4. The molecular formula is C9H10ClFO3S. The van der Waals surface area contributed by atoms with Crippen LogP contribution in [0.3, 0.4) is 0 Å². The van der Waals surface area contributed by atoms with Crippen LogP contribution in [0.5, 0.6) is 0 Å². The number of halogens is 2. The lowest BCUT2D eigenvalue weighted by Crippen LogP contribution is -2.07. The molecule has 1 rings (SSSR count). The van der Waals surface area contributed by atoms with Crippen molar-refractivity contribution in [2.45, 2.75) is 6.42 Å². The summed E-state index contributed by atoms with van der Waals surface area (Å²) in [7, 11) is -3.47. The largest absolute Gasteiger partial charge is 0.270 e. The molecule has 84 valence electrons. The van der Waals surface area contributed by atoms with Crippen molar-refractivity contribution in [3.63, 3.8) is 0 Å². The minimum Gasteiger partial charge on any atom is -0.270 e. The van der Waals surface area contributed by atoms with Crippen LogP contribution in [0.25, 0.3) is 0 Å². The third kappa shape index (κ3) is 4.59. The molecule has 0 bridgehead atoms. The van der Waals surface area contributed by atoms with Gasteiger partial charge in [0.2, 0.25) is 0 Å². The molecule has 0 aromatic heterocycles. The molecule has 0 radical (unpaired) electrons. The first-order valence-electron chi connectivity index (χ1n) is 4.17. The molecule has 0 aliphatic carbocycles. The second kappa shape index (κ2) is 4.92. The van der Waals surface area contributed by atoms with E-state index in [0.717, 1.165) is 6.26 Å². The van der Waals surface area contributed by atoms with Gasteiger partial charge in [-0.1, -0.05) is 11.6 Å². The third-order valence-corrected chi connectivity index (χ3v) is 2.51. The number of rotatable bonds is 4. The summed E-state index contributed by atoms with van der Waals surface area (Å²) in [4.78, 5) is 0. The summed E-state index contributed by atoms with van der Waals surface area (Å²) in [5.41, 5.74) is 0.339. The van der Waals surface area contributed by atoms with Crippen molar-refractivity contribution >= 4 is 21.7 Å². The van der Waals surface area contributed by atoms with Crippen molar-refractivity contribution in [2.24, 2.45) is 0 Å². The zero-order valence-electron chi connectivity index (χ0n) is 8.04. The van der Waals surface area contributed by atoms with Crippen LogP contribution in [-0.4, -0.2) is 21.3 Å². The van der Waals surface area contributed by atoms with Crippen LogP contribution in [0.2, 0.25) is 5.02 Å². The lowest BCUT2D eigenvalue weighted by molar-refractivity contribution is 0.324. The Morgan fingerprint density at radius 2 is 2.13 bits per heavy atom. The summed E-state index contributed by atoms with van der Waals surface area (Å²) in [5.74, 6) is -0.420. The molecule has 0 aliphatic rings. The van der Waals surface area contributed by atoms with Gasteiger partial charge in [-0.05, 0) is 23.8 Å². The van der Waals surface area contributed by atoms with Gasteiger partial charge in [0.25, 0.3) is 10.1 Å². The van der Waals surface area contributed by atoms with E-state index in [2.05, 4.69) is 4.18 Å². The number of benzene rings is 1. The summed E-state index contributed by atoms with van der Waals surface area (Å²) in [6, 6.07) is 4.11. The third-order valence-electron chi connectivity index (χ3n) is 1.68. The van der Waals surface area contributed by atoms with Gasteiger partial charge in [0, 0.05) is 11.4 Å². The monoisotopic (exact) mass is 252 g/mol. The Kier molecular flexibility index (Phi) is 4.07. The Labute approximate surface area is 92.9 Å². The summed E-state index contributed by atoms with van der Waals surface area (Å²) >= 11 is 5.66. The lowest BCUT2D eigenvalue weighted by Gasteiger charge is -2.03. The number of hydrogen-bond acceptors (Lipinski definition) is 3. The molecule has 0 unspecified atom stereocenters. The molecule has 0 N–H and O–H groups in total. The quantitative estimate of drug-likeness (QED) is 0.770. The van der Waals surface area contributed by atoms with Crippen molar-refractivity contribution in [2.75, 3.05) is 12.9 Å². The molecule has 6 heteroatoms. The predicted molar refractivity (Wildman–Crippen MR) is 55.9 cm³/mol. The molecule has 0 spiro atoms. The summed E-state index contributed by atoms with van der Waals surface area (Å²) in [5, 5.41) is 0.408. The Bertz CT molecular complexity index is 445. The van der Waals surface area contributed by atoms with Crippen LogP contribution in [-0.2, 0) is 20.7 Å². The highest BCUT2D eigenvalue weighted by molar-refractivity contribution is 7.85. The van der Waals surface area contributed by atoms with E-state index in [1.54, 1.807) is 0 Å². The highest BCUT2D eigenvalue weighted by Crippen LogP contribution is 2.15. The lowest BCUT2D eigenvalue weighted by atomic mass is 10.1. The highest BCUT2D eigenvalue weighted by Gasteiger charge is 2.05. The van der Waals surface area contributed by atoms with Crippen LogP contribution >= 0.6 is 11.6 Å². The standard InChI is InChI=1S/C9H10ClFO3S/c1-15(12,13)14-5-4-7-6-8(10)2-3-9(7)11/h2-3,6H,4-5H2,1H3. The van der Waals surface area contributed by atoms with Gasteiger partial charge in [0.15, 0.2) is 0 Å². The zero-order valence-corrected chi connectivity index (χ0v) is 9.61. The van der Waals surface area contributed by atoms with E-state index in [1.165, 1.54) is 18.2 Å². The molecule has 0 aliphatic heterocycles. The van der Waals surface area contributed by atoms with Crippen molar-refractivity contribution in [3.8, 4) is 0 Å². The maximum Gasteiger partial charge on any atom is 0.264 e. The fourth-order valence-electron chi connectivity index (χ4n) is 1.04. The van der Waals surface area contributed by atoms with E-state index in [9.17, 15) is 12.8 Å². The van der Waals surface area contributed by atoms with E-state index in [-0.39, 0.29) is 13.0 Å². The fraction of sp³-hybridized carbons (Fsp3) is 0.333. The van der Waals surface area contributed by atoms with Gasteiger partial charge in [-0.3, -0.25) is 4.18 Å². The minimum absolute atomic E-state index is 0.0872. The Morgan fingerprint density at radius 3 is 2.73 bits per heavy atom. The second-order valence-electron chi connectivity index (χ2n) is 3.01. The van der Waals surface area contributed by atoms with E-state index in [0.29, 0.717) is 10.6 Å². The summed E-state index contributed by atoms with van der Waals surface area (Å²) in [6.07, 6.45) is 1.11. The van der Waals surface area contributed by atoms with Gasteiger partial charge in [0.05, 0.1) is 12.9 Å². The van der Waals surface area contributed by atoms with Gasteiger partial charge in [-0.15, -0.1) is 0 Å². The van der Waals surface area contributed by atoms with Gasteiger partial charge in [0.1, 0.15) is 5.82 Å². The van der Waals surface area contributed by atoms with E-state index in [1.807, 2.05) is 0 Å². The Morgan fingerprint density at radius 1 is 1.47 bits per heavy atom. The van der Waals surface area contributed by atoms with Gasteiger partial charge in [-0.25, -0.2) is 4.39 Å². The van der Waals surface area contributed by atoms with E-state index in [4.69, 9.17) is 11.6 Å². The summed E-state index contributed by atoms with van der Waals surface area (Å²) in [6.45, 7) is -0.0872. The average molecular weight is 253 g/mol. The smallest absolute Gasteiger partial charge is 0.264 e. The topological polar surface area (TPSA) is 43.4 Å². The van der Waals surface area contributed by atoms with Crippen molar-refractivity contribution in [3.05, 3.63) is 34.6 Å². The molecule has 1 aromatic rings. The van der Waals surface area contributed by atoms with Crippen molar-refractivity contribution in [1.82, 2.24) is 0 Å². The molecule has 0 atom stereocenters. The highest BCUT2D eigenvalue weighted by atomic mass is 35.5. The summed E-state index contributed by atoms with van der Waals surface area (Å²) < 4.78 is 38.9. The zero-order chi connectivity index (χ0) is 11.5. The Hall–Kier alpha value is -0.650. The molecule has 1 aromatic carbocycles. The van der Waals surface area contributed by atoms with Gasteiger partial charge in [-0.2, -0.15) is 8.42 Å². The van der Waals surface area contributed by atoms with Crippen LogP contribution in [0, 0.1) is 5.82 Å². The molecule has 0 fully saturated rings. The van der Waals surface area contributed by atoms with Crippen molar-refractivity contribution < 1.29 is 17.0 Å². The van der Waals surface area contributed by atoms with Gasteiger partial charge >= 0.3 is 0 Å². The second-order valence-corrected chi connectivity index (χ2v) is 5.09. The van der Waals surface area contributed by atoms with E-state index < -0.39 is 15.9 Å². The molecule has 0 amide bonds. The fourth-order valence-corrected chi connectivity index (χ4v) is 1.62. The number of hydrogen-bond donors (Lipinski definition) is 0. The minimum atomic E-state index is -3.47. The molecule has 0 saturated heterocycles. The average Bonchev–Trinajstić information content (AvgIpc) is 2.09. The maximum absolute atomic E-state index is 13.1. The maximum atomic E-state index is 13.1. The molecule has 0 saturated carbocycles. The SMILES string of the molecule is CS(=O)(=O)OCCc1cc(Cl)ccc1F. The molecular weight excluding hydrogens is 243 g/mol. The Balaban J connectivity index is 2.61. The normalized spacial score (nSPS) is 11.7. The van der Waals surface area contributed by atoms with Crippen molar-refractivity contribution in [1.29, 1.82) is 0 Å². The van der Waals surface area contributed by atoms with Crippen LogP contribution in [0.15, 0.2) is 18.2 Å². The van der Waals surface area contributed by atoms with Crippen LogP contribution in [0.1, 0.15) is 5.56 Å². The molecule has 15 heavy (non-hydrogen) atoms. The first-order chi connectivity index (χ1) is 6.88. The van der Waals surface area contributed by atoms with E-state index >= 15 is 0 Å². The van der Waals surface area contributed by atoms with Gasteiger partial charge < -0.3 is 0 Å². The van der Waals surface area contributed by atoms with Crippen LogP contribution < -0.4 is 0 Å². The first-order valence-corrected chi connectivity index (χ1v) is 6.36.